The Bertz CT molecular complexity index is 608. The summed E-state index contributed by atoms with van der Waals surface area (Å²) in [6.07, 6.45) is 4.54. The zero-order valence-electron chi connectivity index (χ0n) is 11.8. The van der Waals surface area contributed by atoms with Crippen molar-refractivity contribution in [2.24, 2.45) is 11.7 Å². The number of anilines is 1. The van der Waals surface area contributed by atoms with E-state index < -0.39 is 0 Å². The van der Waals surface area contributed by atoms with Crippen LogP contribution in [-0.4, -0.2) is 21.9 Å². The van der Waals surface area contributed by atoms with Gasteiger partial charge in [0.05, 0.1) is 11.6 Å². The molecular formula is C14H18Cl2N4OS. The number of carbonyl (C=O) groups is 1. The van der Waals surface area contributed by atoms with Crippen LogP contribution in [-0.2, 0) is 4.79 Å². The number of hydrogen-bond acceptors (Lipinski definition) is 5. The van der Waals surface area contributed by atoms with E-state index in [0.717, 1.165) is 30.7 Å². The molecule has 2 aromatic heterocycles. The van der Waals surface area contributed by atoms with Gasteiger partial charge in [0.1, 0.15) is 5.69 Å². The Kier molecular flexibility index (Phi) is 7.22. The summed E-state index contributed by atoms with van der Waals surface area (Å²) in [7, 11) is 0. The molecular weight excluding hydrogens is 343 g/mol. The summed E-state index contributed by atoms with van der Waals surface area (Å²) in [5.41, 5.74) is 7.53. The number of halogens is 2. The second kappa shape index (κ2) is 8.43. The lowest BCUT2D eigenvalue weighted by Crippen LogP contribution is -2.34. The summed E-state index contributed by atoms with van der Waals surface area (Å²) in [6.45, 7) is 0. The van der Waals surface area contributed by atoms with Crippen molar-refractivity contribution in [2.75, 3.05) is 5.32 Å². The topological polar surface area (TPSA) is 80.9 Å². The molecule has 1 amide bonds. The average Bonchev–Trinajstić information content (AvgIpc) is 3.09. The van der Waals surface area contributed by atoms with Crippen LogP contribution in [0.4, 0.5) is 5.13 Å². The summed E-state index contributed by atoms with van der Waals surface area (Å²) in [5, 5.41) is 5.37. The van der Waals surface area contributed by atoms with E-state index >= 15 is 0 Å². The molecule has 8 heteroatoms. The molecule has 2 atom stereocenters. The van der Waals surface area contributed by atoms with Gasteiger partial charge in [-0.25, -0.2) is 4.98 Å². The second-order valence-corrected chi connectivity index (χ2v) is 5.80. The van der Waals surface area contributed by atoms with Crippen LogP contribution < -0.4 is 11.1 Å². The Morgan fingerprint density at radius 3 is 2.73 bits per heavy atom. The van der Waals surface area contributed by atoms with E-state index in [1.807, 2.05) is 23.6 Å². The average molecular weight is 361 g/mol. The number of amides is 1. The maximum absolute atomic E-state index is 12.1. The van der Waals surface area contributed by atoms with E-state index in [9.17, 15) is 4.79 Å². The Morgan fingerprint density at radius 2 is 2.09 bits per heavy atom. The highest BCUT2D eigenvalue weighted by molar-refractivity contribution is 7.14. The van der Waals surface area contributed by atoms with Gasteiger partial charge in [-0.2, -0.15) is 0 Å². The fourth-order valence-corrected chi connectivity index (χ4v) is 3.18. The third-order valence-electron chi connectivity index (χ3n) is 3.57. The maximum atomic E-state index is 12.1. The van der Waals surface area contributed by atoms with Crippen molar-refractivity contribution in [3.63, 3.8) is 0 Å². The number of aromatic nitrogens is 2. The predicted octanol–water partition coefficient (Wildman–Crippen LogP) is 3.11. The minimum Gasteiger partial charge on any atom is -0.327 e. The Morgan fingerprint density at radius 1 is 1.27 bits per heavy atom. The van der Waals surface area contributed by atoms with Gasteiger partial charge < -0.3 is 11.1 Å². The molecule has 0 aliphatic heterocycles. The highest BCUT2D eigenvalue weighted by Gasteiger charge is 2.30. The Hall–Kier alpha value is -1.21. The number of pyridine rings is 1. The van der Waals surface area contributed by atoms with Crippen LogP contribution in [0.1, 0.15) is 19.3 Å². The summed E-state index contributed by atoms with van der Waals surface area (Å²) in [4.78, 5) is 20.8. The second-order valence-electron chi connectivity index (χ2n) is 4.94. The molecule has 2 heterocycles. The van der Waals surface area contributed by atoms with Gasteiger partial charge in [-0.1, -0.05) is 12.5 Å². The lowest BCUT2D eigenvalue weighted by Gasteiger charge is -2.13. The van der Waals surface area contributed by atoms with Gasteiger partial charge in [-0.3, -0.25) is 9.78 Å². The molecule has 1 aliphatic rings. The van der Waals surface area contributed by atoms with E-state index in [2.05, 4.69) is 15.3 Å². The SMILES string of the molecule is Cl.Cl.NC1CCCC1C(=O)Nc1nc(-c2ccccn2)cs1. The van der Waals surface area contributed by atoms with Crippen LogP contribution >= 0.6 is 36.2 Å². The van der Waals surface area contributed by atoms with Crippen molar-refractivity contribution in [2.45, 2.75) is 25.3 Å². The highest BCUT2D eigenvalue weighted by Crippen LogP contribution is 2.27. The van der Waals surface area contributed by atoms with Crippen LogP contribution in [0, 0.1) is 5.92 Å². The van der Waals surface area contributed by atoms with Crippen molar-refractivity contribution in [3.8, 4) is 11.4 Å². The molecule has 2 unspecified atom stereocenters. The quantitative estimate of drug-likeness (QED) is 0.880. The van der Waals surface area contributed by atoms with E-state index in [0.29, 0.717) is 5.13 Å². The fourth-order valence-electron chi connectivity index (χ4n) is 2.48. The normalized spacial score (nSPS) is 19.9. The molecule has 5 nitrogen and oxygen atoms in total. The van der Waals surface area contributed by atoms with Crippen molar-refractivity contribution in [1.82, 2.24) is 9.97 Å². The molecule has 2 aromatic rings. The number of nitrogens with one attached hydrogen (secondary N) is 1. The number of nitrogens with two attached hydrogens (primary N) is 1. The van der Waals surface area contributed by atoms with Crippen LogP contribution in [0.15, 0.2) is 29.8 Å². The van der Waals surface area contributed by atoms with Crippen molar-refractivity contribution >= 4 is 47.2 Å². The van der Waals surface area contributed by atoms with Crippen molar-refractivity contribution in [3.05, 3.63) is 29.8 Å². The predicted molar refractivity (Wildman–Crippen MR) is 93.8 cm³/mol. The first-order valence-corrected chi connectivity index (χ1v) is 7.55. The number of nitrogens with zero attached hydrogens (tertiary/aromatic N) is 2. The Labute approximate surface area is 145 Å². The van der Waals surface area contributed by atoms with Gasteiger partial charge in [-0.15, -0.1) is 36.2 Å². The number of hydrogen-bond donors (Lipinski definition) is 2. The first-order chi connectivity index (χ1) is 9.74. The minimum atomic E-state index is -0.0859. The zero-order valence-corrected chi connectivity index (χ0v) is 14.2. The molecule has 0 radical (unpaired) electrons. The molecule has 120 valence electrons. The van der Waals surface area contributed by atoms with Crippen LogP contribution in [0.2, 0.25) is 0 Å². The summed E-state index contributed by atoms with van der Waals surface area (Å²) in [6, 6.07) is 5.65. The molecule has 3 rings (SSSR count). The molecule has 0 aromatic carbocycles. The number of carbonyl (C=O) groups excluding carboxylic acids is 1. The summed E-state index contributed by atoms with van der Waals surface area (Å²) >= 11 is 1.41. The smallest absolute Gasteiger partial charge is 0.230 e. The zero-order chi connectivity index (χ0) is 13.9. The van der Waals surface area contributed by atoms with E-state index in [1.54, 1.807) is 6.20 Å². The van der Waals surface area contributed by atoms with E-state index in [-0.39, 0.29) is 42.7 Å². The fraction of sp³-hybridized carbons (Fsp3) is 0.357. The molecule has 0 spiro atoms. The minimum absolute atomic E-state index is 0. The van der Waals surface area contributed by atoms with Gasteiger partial charge >= 0.3 is 0 Å². The van der Waals surface area contributed by atoms with E-state index in [4.69, 9.17) is 5.73 Å². The van der Waals surface area contributed by atoms with Crippen LogP contribution in [0.5, 0.6) is 0 Å². The van der Waals surface area contributed by atoms with Gasteiger partial charge in [-0.05, 0) is 25.0 Å². The number of rotatable bonds is 3. The molecule has 0 bridgehead atoms. The summed E-state index contributed by atoms with van der Waals surface area (Å²) in [5.74, 6) is -0.103. The molecule has 1 saturated carbocycles. The van der Waals surface area contributed by atoms with Crippen LogP contribution in [0.3, 0.4) is 0 Å². The van der Waals surface area contributed by atoms with E-state index in [1.165, 1.54) is 11.3 Å². The van der Waals surface area contributed by atoms with Crippen molar-refractivity contribution in [1.29, 1.82) is 0 Å². The first-order valence-electron chi connectivity index (χ1n) is 6.67. The number of thiazole rings is 1. The molecule has 1 fully saturated rings. The van der Waals surface area contributed by atoms with Crippen LogP contribution in [0.25, 0.3) is 11.4 Å². The molecule has 22 heavy (non-hydrogen) atoms. The van der Waals surface area contributed by atoms with Gasteiger partial charge in [0.15, 0.2) is 5.13 Å². The molecule has 3 N–H and O–H groups in total. The monoisotopic (exact) mass is 360 g/mol. The maximum Gasteiger partial charge on any atom is 0.230 e. The van der Waals surface area contributed by atoms with Crippen molar-refractivity contribution < 1.29 is 4.79 Å². The largest absolute Gasteiger partial charge is 0.327 e. The summed E-state index contributed by atoms with van der Waals surface area (Å²) < 4.78 is 0. The lowest BCUT2D eigenvalue weighted by molar-refractivity contribution is -0.120. The van der Waals surface area contributed by atoms with Gasteiger partial charge in [0.2, 0.25) is 5.91 Å². The Balaban J connectivity index is 0.00000121. The standard InChI is InChI=1S/C14H16N4OS.2ClH/c15-10-5-3-4-9(10)13(19)18-14-17-12(8-20-14)11-6-1-2-7-16-11;;/h1-2,6-10H,3-5,15H2,(H,17,18,19);2*1H. The lowest BCUT2D eigenvalue weighted by atomic mass is 10.0. The highest BCUT2D eigenvalue weighted by atomic mass is 35.5. The first kappa shape index (κ1) is 18.8. The third-order valence-corrected chi connectivity index (χ3v) is 4.33. The molecule has 0 saturated heterocycles. The van der Waals surface area contributed by atoms with Gasteiger partial charge in [0, 0.05) is 17.6 Å². The van der Waals surface area contributed by atoms with Gasteiger partial charge in [0.25, 0.3) is 0 Å². The molecule has 1 aliphatic carbocycles. The third kappa shape index (κ3) is 4.16.